The highest BCUT2D eigenvalue weighted by molar-refractivity contribution is 5.76. The van der Waals surface area contributed by atoms with Crippen LogP contribution in [0.2, 0.25) is 0 Å². The highest BCUT2D eigenvalue weighted by Crippen LogP contribution is 2.11. The lowest BCUT2D eigenvalue weighted by Gasteiger charge is -2.30. The fourth-order valence-electron chi connectivity index (χ4n) is 2.07. The summed E-state index contributed by atoms with van der Waals surface area (Å²) in [5, 5.41) is 3.41. The van der Waals surface area contributed by atoms with E-state index in [1.54, 1.807) is 0 Å². The molecule has 16 heavy (non-hydrogen) atoms. The Morgan fingerprint density at radius 2 is 2.12 bits per heavy atom. The second kappa shape index (κ2) is 5.64. The highest BCUT2D eigenvalue weighted by atomic mass is 16.2. The van der Waals surface area contributed by atoms with Gasteiger partial charge in [0, 0.05) is 31.6 Å². The molecule has 0 radical (unpaired) electrons. The summed E-state index contributed by atoms with van der Waals surface area (Å²) in [6.07, 6.45) is 1.68. The Kier molecular flexibility index (Phi) is 4.74. The molecule has 1 N–H and O–H groups in total. The molecule has 1 aliphatic rings. The molecule has 1 rings (SSSR count). The van der Waals surface area contributed by atoms with Gasteiger partial charge in [0.1, 0.15) is 0 Å². The molecule has 4 nitrogen and oxygen atoms in total. The maximum atomic E-state index is 11.9. The van der Waals surface area contributed by atoms with Gasteiger partial charge < -0.3 is 15.1 Å². The molecule has 1 aliphatic heterocycles. The minimum absolute atomic E-state index is 0.0459. The summed E-state index contributed by atoms with van der Waals surface area (Å²) >= 11 is 0. The van der Waals surface area contributed by atoms with Gasteiger partial charge in [0.05, 0.1) is 0 Å². The van der Waals surface area contributed by atoms with Gasteiger partial charge in [0.25, 0.3) is 0 Å². The first-order valence-electron chi connectivity index (χ1n) is 6.08. The van der Waals surface area contributed by atoms with Gasteiger partial charge in [-0.2, -0.15) is 0 Å². The van der Waals surface area contributed by atoms with Crippen molar-refractivity contribution in [1.82, 2.24) is 15.1 Å². The Bertz CT molecular complexity index is 238. The van der Waals surface area contributed by atoms with Crippen molar-refractivity contribution in [3.8, 4) is 0 Å². The molecule has 0 atom stereocenters. The summed E-state index contributed by atoms with van der Waals surface area (Å²) in [5.41, 5.74) is 0.0459. The van der Waals surface area contributed by atoms with Crippen LogP contribution in [-0.4, -0.2) is 61.5 Å². The summed E-state index contributed by atoms with van der Waals surface area (Å²) < 4.78 is 0. The zero-order valence-corrected chi connectivity index (χ0v) is 11.0. The van der Waals surface area contributed by atoms with E-state index < -0.39 is 0 Å². The van der Waals surface area contributed by atoms with E-state index in [1.165, 1.54) is 0 Å². The van der Waals surface area contributed by atoms with Gasteiger partial charge in [-0.15, -0.1) is 0 Å². The fourth-order valence-corrected chi connectivity index (χ4v) is 2.07. The van der Waals surface area contributed by atoms with E-state index in [-0.39, 0.29) is 11.4 Å². The van der Waals surface area contributed by atoms with Crippen LogP contribution in [-0.2, 0) is 4.79 Å². The van der Waals surface area contributed by atoms with Gasteiger partial charge in [0.15, 0.2) is 0 Å². The predicted molar refractivity (Wildman–Crippen MR) is 66.4 cm³/mol. The van der Waals surface area contributed by atoms with Crippen LogP contribution in [0.5, 0.6) is 0 Å². The number of hydrogen-bond donors (Lipinski definition) is 1. The predicted octanol–water partition coefficient (Wildman–Crippen LogP) is 0.539. The zero-order valence-electron chi connectivity index (χ0n) is 11.0. The molecular formula is C12H25N3O. The molecule has 0 aromatic rings. The Morgan fingerprint density at radius 1 is 1.44 bits per heavy atom. The van der Waals surface area contributed by atoms with Crippen molar-refractivity contribution < 1.29 is 4.79 Å². The highest BCUT2D eigenvalue weighted by Gasteiger charge is 2.27. The first kappa shape index (κ1) is 13.5. The molecule has 0 spiro atoms. The fraction of sp³-hybridized carbons (Fsp3) is 0.917. The smallest absolute Gasteiger partial charge is 0.223 e. The van der Waals surface area contributed by atoms with Gasteiger partial charge in [-0.25, -0.2) is 0 Å². The normalized spacial score (nSPS) is 21.3. The molecule has 0 saturated carbocycles. The van der Waals surface area contributed by atoms with E-state index in [0.717, 1.165) is 32.6 Å². The summed E-state index contributed by atoms with van der Waals surface area (Å²) in [5.74, 6) is 0.289. The van der Waals surface area contributed by atoms with E-state index in [9.17, 15) is 4.79 Å². The number of amides is 1. The third-order valence-corrected chi connectivity index (χ3v) is 2.91. The minimum atomic E-state index is 0.0459. The standard InChI is InChI=1S/C12H25N3O/c1-12(2)10-15(9-5-8-14(3)4)11(16)6-7-13-12/h13H,5-10H2,1-4H3. The van der Waals surface area contributed by atoms with E-state index in [2.05, 4.69) is 38.2 Å². The van der Waals surface area contributed by atoms with E-state index in [4.69, 9.17) is 0 Å². The summed E-state index contributed by atoms with van der Waals surface area (Å²) in [6, 6.07) is 0. The number of hydrogen-bond acceptors (Lipinski definition) is 3. The van der Waals surface area contributed by atoms with E-state index in [1.807, 2.05) is 4.90 Å². The maximum absolute atomic E-state index is 11.9. The third-order valence-electron chi connectivity index (χ3n) is 2.91. The van der Waals surface area contributed by atoms with Gasteiger partial charge in [-0.05, 0) is 40.9 Å². The molecule has 0 aromatic carbocycles. The average molecular weight is 227 g/mol. The van der Waals surface area contributed by atoms with Crippen LogP contribution in [0.3, 0.4) is 0 Å². The van der Waals surface area contributed by atoms with Crippen molar-refractivity contribution in [2.24, 2.45) is 0 Å². The molecule has 0 bridgehead atoms. The second-order valence-corrected chi connectivity index (χ2v) is 5.53. The Hall–Kier alpha value is -0.610. The van der Waals surface area contributed by atoms with Crippen molar-refractivity contribution in [1.29, 1.82) is 0 Å². The summed E-state index contributed by atoms with van der Waals surface area (Å²) in [4.78, 5) is 16.0. The van der Waals surface area contributed by atoms with Gasteiger partial charge >= 0.3 is 0 Å². The summed E-state index contributed by atoms with van der Waals surface area (Å²) in [7, 11) is 4.13. The molecule has 1 amide bonds. The summed E-state index contributed by atoms with van der Waals surface area (Å²) in [6.45, 7) is 7.85. The molecule has 1 heterocycles. The number of carbonyl (C=O) groups is 1. The Balaban J connectivity index is 2.44. The zero-order chi connectivity index (χ0) is 12.2. The molecule has 4 heteroatoms. The van der Waals surface area contributed by atoms with Crippen LogP contribution >= 0.6 is 0 Å². The van der Waals surface area contributed by atoms with Crippen LogP contribution in [0.1, 0.15) is 26.7 Å². The van der Waals surface area contributed by atoms with Crippen LogP contribution in [0.25, 0.3) is 0 Å². The van der Waals surface area contributed by atoms with Gasteiger partial charge in [-0.1, -0.05) is 0 Å². The monoisotopic (exact) mass is 227 g/mol. The van der Waals surface area contributed by atoms with E-state index in [0.29, 0.717) is 6.42 Å². The number of carbonyl (C=O) groups excluding carboxylic acids is 1. The molecule has 0 aromatic heterocycles. The largest absolute Gasteiger partial charge is 0.341 e. The van der Waals surface area contributed by atoms with Crippen molar-refractivity contribution in [2.75, 3.05) is 40.3 Å². The van der Waals surface area contributed by atoms with Crippen molar-refractivity contribution in [3.05, 3.63) is 0 Å². The quantitative estimate of drug-likeness (QED) is 0.761. The number of rotatable bonds is 4. The molecular weight excluding hydrogens is 202 g/mol. The Morgan fingerprint density at radius 3 is 2.75 bits per heavy atom. The average Bonchev–Trinajstić information content (AvgIpc) is 2.25. The third kappa shape index (κ3) is 4.49. The molecule has 1 fully saturated rings. The molecule has 0 unspecified atom stereocenters. The first-order valence-corrected chi connectivity index (χ1v) is 6.08. The SMILES string of the molecule is CN(C)CCCN1CC(C)(C)NCCC1=O. The lowest BCUT2D eigenvalue weighted by molar-refractivity contribution is -0.130. The minimum Gasteiger partial charge on any atom is -0.341 e. The maximum Gasteiger partial charge on any atom is 0.223 e. The van der Waals surface area contributed by atoms with Crippen LogP contribution in [0.15, 0.2) is 0 Å². The van der Waals surface area contributed by atoms with Crippen molar-refractivity contribution >= 4 is 5.91 Å². The molecule has 0 aliphatic carbocycles. The lowest BCUT2D eigenvalue weighted by Crippen LogP contribution is -2.47. The van der Waals surface area contributed by atoms with E-state index >= 15 is 0 Å². The van der Waals surface area contributed by atoms with Crippen molar-refractivity contribution in [3.63, 3.8) is 0 Å². The first-order chi connectivity index (χ1) is 7.41. The Labute approximate surface area is 99.0 Å². The lowest BCUT2D eigenvalue weighted by atomic mass is 10.1. The van der Waals surface area contributed by atoms with Crippen LogP contribution in [0.4, 0.5) is 0 Å². The van der Waals surface area contributed by atoms with Crippen molar-refractivity contribution in [2.45, 2.75) is 32.2 Å². The molecule has 1 saturated heterocycles. The van der Waals surface area contributed by atoms with Crippen LogP contribution in [0, 0.1) is 0 Å². The van der Waals surface area contributed by atoms with Gasteiger partial charge in [-0.3, -0.25) is 4.79 Å². The molecule has 94 valence electrons. The topological polar surface area (TPSA) is 35.6 Å². The second-order valence-electron chi connectivity index (χ2n) is 5.53. The van der Waals surface area contributed by atoms with Crippen LogP contribution < -0.4 is 5.32 Å². The van der Waals surface area contributed by atoms with Gasteiger partial charge in [0.2, 0.25) is 5.91 Å². The number of nitrogens with one attached hydrogen (secondary N) is 1. The number of nitrogens with zero attached hydrogens (tertiary/aromatic N) is 2.